The molecular formula is C13H19NO3. The van der Waals surface area contributed by atoms with Crippen molar-refractivity contribution in [1.82, 2.24) is 4.90 Å². The van der Waals surface area contributed by atoms with Crippen LogP contribution in [0.25, 0.3) is 0 Å². The van der Waals surface area contributed by atoms with Crippen LogP contribution in [0, 0.1) is 6.92 Å². The first-order valence-corrected chi connectivity index (χ1v) is 5.59. The highest BCUT2D eigenvalue weighted by Crippen LogP contribution is 2.29. The standard InChI is InChI=1S/C13H19NO3/c1-8-5-6-12(15)11(7-8)9(2)14(4)10(3)13(16)17/h5-7,9-10,15H,1-4H3,(H,16,17). The molecule has 0 radical (unpaired) electrons. The molecule has 0 spiro atoms. The summed E-state index contributed by atoms with van der Waals surface area (Å²) in [7, 11) is 1.74. The smallest absolute Gasteiger partial charge is 0.320 e. The summed E-state index contributed by atoms with van der Waals surface area (Å²) in [4.78, 5) is 12.6. The van der Waals surface area contributed by atoms with E-state index in [0.717, 1.165) is 11.1 Å². The molecule has 17 heavy (non-hydrogen) atoms. The molecule has 0 amide bonds. The zero-order valence-corrected chi connectivity index (χ0v) is 10.6. The first-order chi connectivity index (χ1) is 7.84. The number of phenolic OH excluding ortho intramolecular Hbond substituents is 1. The van der Waals surface area contributed by atoms with Gasteiger partial charge in [-0.15, -0.1) is 0 Å². The average molecular weight is 237 g/mol. The van der Waals surface area contributed by atoms with Gasteiger partial charge in [0.2, 0.25) is 0 Å². The van der Waals surface area contributed by atoms with Gasteiger partial charge < -0.3 is 10.2 Å². The normalized spacial score (nSPS) is 14.6. The molecule has 1 aromatic carbocycles. The van der Waals surface area contributed by atoms with Gasteiger partial charge in [0.1, 0.15) is 11.8 Å². The van der Waals surface area contributed by atoms with Crippen LogP contribution in [0.2, 0.25) is 0 Å². The van der Waals surface area contributed by atoms with Crippen molar-refractivity contribution in [3.8, 4) is 5.75 Å². The summed E-state index contributed by atoms with van der Waals surface area (Å²) in [5.41, 5.74) is 1.79. The van der Waals surface area contributed by atoms with Gasteiger partial charge in [0, 0.05) is 11.6 Å². The van der Waals surface area contributed by atoms with E-state index in [9.17, 15) is 9.90 Å². The van der Waals surface area contributed by atoms with E-state index >= 15 is 0 Å². The van der Waals surface area contributed by atoms with E-state index in [1.165, 1.54) is 0 Å². The Hall–Kier alpha value is -1.55. The predicted molar refractivity (Wildman–Crippen MR) is 66.1 cm³/mol. The SMILES string of the molecule is Cc1ccc(O)c(C(C)N(C)C(C)C(=O)O)c1. The number of aliphatic carboxylic acids is 1. The fourth-order valence-electron chi connectivity index (χ4n) is 1.74. The molecule has 0 aliphatic rings. The van der Waals surface area contributed by atoms with Crippen LogP contribution in [0.5, 0.6) is 5.75 Å². The summed E-state index contributed by atoms with van der Waals surface area (Å²) in [5, 5.41) is 18.8. The Labute approximate surface area is 101 Å². The minimum absolute atomic E-state index is 0.152. The summed E-state index contributed by atoms with van der Waals surface area (Å²) in [6.45, 7) is 5.45. The quantitative estimate of drug-likeness (QED) is 0.842. The van der Waals surface area contributed by atoms with Gasteiger partial charge in [-0.1, -0.05) is 17.7 Å². The van der Waals surface area contributed by atoms with Crippen molar-refractivity contribution >= 4 is 5.97 Å². The Morgan fingerprint density at radius 2 is 1.94 bits per heavy atom. The fourth-order valence-corrected chi connectivity index (χ4v) is 1.74. The van der Waals surface area contributed by atoms with Crippen LogP contribution in [0.3, 0.4) is 0 Å². The monoisotopic (exact) mass is 237 g/mol. The zero-order valence-electron chi connectivity index (χ0n) is 10.6. The van der Waals surface area contributed by atoms with Gasteiger partial charge in [0.05, 0.1) is 0 Å². The molecule has 4 heteroatoms. The minimum Gasteiger partial charge on any atom is -0.508 e. The number of carboxylic acid groups (broad SMARTS) is 1. The summed E-state index contributed by atoms with van der Waals surface area (Å²) in [6, 6.07) is 4.60. The van der Waals surface area contributed by atoms with Crippen LogP contribution in [0.15, 0.2) is 18.2 Å². The second kappa shape index (κ2) is 5.19. The van der Waals surface area contributed by atoms with Crippen molar-refractivity contribution in [3.63, 3.8) is 0 Å². The van der Waals surface area contributed by atoms with Gasteiger partial charge in [-0.05, 0) is 33.9 Å². The van der Waals surface area contributed by atoms with Crippen LogP contribution < -0.4 is 0 Å². The first-order valence-electron chi connectivity index (χ1n) is 5.59. The number of rotatable bonds is 4. The number of likely N-dealkylation sites (N-methyl/N-ethyl adjacent to an activating group) is 1. The average Bonchev–Trinajstić information content (AvgIpc) is 2.29. The van der Waals surface area contributed by atoms with Crippen molar-refractivity contribution in [3.05, 3.63) is 29.3 Å². The van der Waals surface area contributed by atoms with Gasteiger partial charge >= 0.3 is 5.97 Å². The molecule has 0 aliphatic heterocycles. The van der Waals surface area contributed by atoms with Crippen molar-refractivity contribution in [1.29, 1.82) is 0 Å². The Kier molecular flexibility index (Phi) is 4.12. The molecule has 4 nitrogen and oxygen atoms in total. The lowest BCUT2D eigenvalue weighted by Gasteiger charge is -2.29. The van der Waals surface area contributed by atoms with Crippen molar-refractivity contribution < 1.29 is 15.0 Å². The van der Waals surface area contributed by atoms with E-state index in [1.54, 1.807) is 24.9 Å². The molecule has 1 rings (SSSR count). The maximum Gasteiger partial charge on any atom is 0.320 e. The third-order valence-electron chi connectivity index (χ3n) is 3.21. The van der Waals surface area contributed by atoms with Crippen molar-refractivity contribution in [2.45, 2.75) is 32.9 Å². The molecule has 0 saturated heterocycles. The molecule has 2 atom stereocenters. The highest BCUT2D eigenvalue weighted by molar-refractivity contribution is 5.72. The van der Waals surface area contributed by atoms with Crippen LogP contribution >= 0.6 is 0 Å². The largest absolute Gasteiger partial charge is 0.508 e. The predicted octanol–water partition coefficient (Wildman–Crippen LogP) is 2.17. The highest BCUT2D eigenvalue weighted by Gasteiger charge is 2.24. The van der Waals surface area contributed by atoms with E-state index in [2.05, 4.69) is 0 Å². The Morgan fingerprint density at radius 3 is 2.47 bits per heavy atom. The van der Waals surface area contributed by atoms with E-state index in [0.29, 0.717) is 0 Å². The van der Waals surface area contributed by atoms with Gasteiger partial charge in [-0.2, -0.15) is 0 Å². The topological polar surface area (TPSA) is 60.8 Å². The van der Waals surface area contributed by atoms with Crippen LogP contribution in [0.1, 0.15) is 31.0 Å². The summed E-state index contributed by atoms with van der Waals surface area (Å²) >= 11 is 0. The molecule has 0 fully saturated rings. The molecule has 0 heterocycles. The highest BCUT2D eigenvalue weighted by atomic mass is 16.4. The Morgan fingerprint density at radius 1 is 1.35 bits per heavy atom. The maximum absolute atomic E-state index is 10.9. The van der Waals surface area contributed by atoms with E-state index in [1.807, 2.05) is 26.0 Å². The van der Waals surface area contributed by atoms with E-state index in [-0.39, 0.29) is 11.8 Å². The number of hydrogen-bond acceptors (Lipinski definition) is 3. The molecule has 0 bridgehead atoms. The molecule has 2 N–H and O–H groups in total. The number of aromatic hydroxyl groups is 1. The van der Waals surface area contributed by atoms with Gasteiger partial charge in [-0.25, -0.2) is 0 Å². The number of hydrogen-bond donors (Lipinski definition) is 2. The third-order valence-corrected chi connectivity index (χ3v) is 3.21. The lowest BCUT2D eigenvalue weighted by Crippen LogP contribution is -2.37. The second-order valence-corrected chi connectivity index (χ2v) is 4.42. The van der Waals surface area contributed by atoms with Crippen LogP contribution in [-0.4, -0.2) is 34.2 Å². The summed E-state index contributed by atoms with van der Waals surface area (Å²) in [5.74, 6) is -0.668. The number of aryl methyl sites for hydroxylation is 1. The van der Waals surface area contributed by atoms with Crippen LogP contribution in [-0.2, 0) is 4.79 Å². The lowest BCUT2D eigenvalue weighted by atomic mass is 10.0. The molecule has 0 aliphatic carbocycles. The number of carboxylic acids is 1. The molecule has 2 unspecified atom stereocenters. The maximum atomic E-state index is 10.9. The first kappa shape index (κ1) is 13.5. The molecule has 0 aromatic heterocycles. The molecule has 94 valence electrons. The second-order valence-electron chi connectivity index (χ2n) is 4.42. The Bertz CT molecular complexity index is 417. The fraction of sp³-hybridized carbons (Fsp3) is 0.462. The van der Waals surface area contributed by atoms with E-state index in [4.69, 9.17) is 5.11 Å². The number of benzene rings is 1. The molecule has 0 saturated carbocycles. The zero-order chi connectivity index (χ0) is 13.2. The summed E-state index contributed by atoms with van der Waals surface area (Å²) in [6.07, 6.45) is 0. The Balaban J connectivity index is 2.99. The number of carbonyl (C=O) groups is 1. The van der Waals surface area contributed by atoms with Gasteiger partial charge in [-0.3, -0.25) is 9.69 Å². The summed E-state index contributed by atoms with van der Waals surface area (Å²) < 4.78 is 0. The lowest BCUT2D eigenvalue weighted by molar-refractivity contribution is -0.142. The van der Waals surface area contributed by atoms with Crippen LogP contribution in [0.4, 0.5) is 0 Å². The van der Waals surface area contributed by atoms with Gasteiger partial charge in [0.15, 0.2) is 0 Å². The number of phenols is 1. The third kappa shape index (κ3) is 2.97. The molecular weight excluding hydrogens is 218 g/mol. The number of nitrogens with zero attached hydrogens (tertiary/aromatic N) is 1. The van der Waals surface area contributed by atoms with Crippen molar-refractivity contribution in [2.75, 3.05) is 7.05 Å². The van der Waals surface area contributed by atoms with E-state index < -0.39 is 12.0 Å². The molecule has 1 aromatic rings. The van der Waals surface area contributed by atoms with Gasteiger partial charge in [0.25, 0.3) is 0 Å². The van der Waals surface area contributed by atoms with Crippen molar-refractivity contribution in [2.24, 2.45) is 0 Å². The minimum atomic E-state index is -0.869.